The molecule has 1 heterocycles. The maximum Gasteiger partial charge on any atom is 0.410 e. The van der Waals surface area contributed by atoms with Gasteiger partial charge in [-0.25, -0.2) is 9.59 Å². The SMILES string of the molecule is CCOC(=O)C1CN(C(=O)OC(C)(C)C)CC1NC(=O)O. The number of esters is 1. The molecule has 0 spiro atoms. The molecule has 0 saturated carbocycles. The van der Waals surface area contributed by atoms with Gasteiger partial charge < -0.3 is 24.8 Å². The van der Waals surface area contributed by atoms with Gasteiger partial charge in [0.05, 0.1) is 18.6 Å². The summed E-state index contributed by atoms with van der Waals surface area (Å²) >= 11 is 0. The smallest absolute Gasteiger partial charge is 0.410 e. The summed E-state index contributed by atoms with van der Waals surface area (Å²) in [6.07, 6.45) is -1.83. The van der Waals surface area contributed by atoms with Crippen molar-refractivity contribution >= 4 is 18.2 Å². The van der Waals surface area contributed by atoms with Crippen LogP contribution in [0.1, 0.15) is 27.7 Å². The van der Waals surface area contributed by atoms with Gasteiger partial charge in [-0.2, -0.15) is 0 Å². The number of carboxylic acid groups (broad SMARTS) is 1. The Kier molecular flexibility index (Phi) is 5.40. The first-order valence-electron chi connectivity index (χ1n) is 6.78. The van der Waals surface area contributed by atoms with Crippen LogP contribution < -0.4 is 5.32 Å². The predicted octanol–water partition coefficient (Wildman–Crippen LogP) is 1.05. The molecule has 1 aliphatic rings. The maximum absolute atomic E-state index is 12.0. The average Bonchev–Trinajstić information content (AvgIpc) is 2.70. The number of carbonyl (C=O) groups is 3. The molecule has 0 bridgehead atoms. The molecule has 0 aliphatic carbocycles. The zero-order chi connectivity index (χ0) is 16.2. The molecule has 120 valence electrons. The van der Waals surface area contributed by atoms with Gasteiger partial charge in [-0.1, -0.05) is 0 Å². The van der Waals surface area contributed by atoms with Crippen LogP contribution in [0.5, 0.6) is 0 Å². The molecule has 2 unspecified atom stereocenters. The third-order valence-electron chi connectivity index (χ3n) is 2.87. The summed E-state index contributed by atoms with van der Waals surface area (Å²) in [6, 6.07) is -0.700. The van der Waals surface area contributed by atoms with Gasteiger partial charge in [0.25, 0.3) is 0 Å². The quantitative estimate of drug-likeness (QED) is 0.755. The van der Waals surface area contributed by atoms with Crippen LogP contribution in [0.25, 0.3) is 0 Å². The lowest BCUT2D eigenvalue weighted by Gasteiger charge is -2.24. The van der Waals surface area contributed by atoms with Gasteiger partial charge in [0.2, 0.25) is 0 Å². The van der Waals surface area contributed by atoms with Crippen LogP contribution in [-0.4, -0.2) is 59.5 Å². The second-order valence-electron chi connectivity index (χ2n) is 5.80. The van der Waals surface area contributed by atoms with E-state index < -0.39 is 35.7 Å². The summed E-state index contributed by atoms with van der Waals surface area (Å²) in [5, 5.41) is 11.1. The number of nitrogens with zero attached hydrogens (tertiary/aromatic N) is 1. The molecule has 21 heavy (non-hydrogen) atoms. The first-order chi connectivity index (χ1) is 9.64. The molecule has 1 fully saturated rings. The normalized spacial score (nSPS) is 21.8. The molecular formula is C13H22N2O6. The summed E-state index contributed by atoms with van der Waals surface area (Å²) in [5.41, 5.74) is -0.658. The third-order valence-corrected chi connectivity index (χ3v) is 2.87. The van der Waals surface area contributed by atoms with Crippen LogP contribution in [-0.2, 0) is 14.3 Å². The molecule has 8 heteroatoms. The molecule has 0 aromatic rings. The molecule has 0 aromatic carbocycles. The van der Waals surface area contributed by atoms with Crippen LogP contribution in [0.2, 0.25) is 0 Å². The number of rotatable bonds is 3. The number of ether oxygens (including phenoxy) is 2. The van der Waals surface area contributed by atoms with E-state index in [9.17, 15) is 14.4 Å². The number of amides is 2. The van der Waals surface area contributed by atoms with Crippen molar-refractivity contribution in [2.45, 2.75) is 39.3 Å². The van der Waals surface area contributed by atoms with Crippen molar-refractivity contribution in [1.29, 1.82) is 0 Å². The minimum absolute atomic E-state index is 0.0681. The van der Waals surface area contributed by atoms with Crippen molar-refractivity contribution in [3.8, 4) is 0 Å². The fraction of sp³-hybridized carbons (Fsp3) is 0.769. The molecule has 2 atom stereocenters. The number of carbonyl (C=O) groups excluding carboxylic acids is 2. The molecular weight excluding hydrogens is 280 g/mol. The van der Waals surface area contributed by atoms with Crippen LogP contribution in [0.3, 0.4) is 0 Å². The Hall–Kier alpha value is -1.99. The summed E-state index contributed by atoms with van der Waals surface area (Å²) < 4.78 is 10.1. The van der Waals surface area contributed by atoms with Crippen molar-refractivity contribution in [2.75, 3.05) is 19.7 Å². The van der Waals surface area contributed by atoms with Crippen LogP contribution >= 0.6 is 0 Å². The topological polar surface area (TPSA) is 105 Å². The Morgan fingerprint density at radius 1 is 1.29 bits per heavy atom. The third kappa shape index (κ3) is 5.13. The van der Waals surface area contributed by atoms with E-state index in [0.717, 1.165) is 0 Å². The molecule has 1 saturated heterocycles. The summed E-state index contributed by atoms with van der Waals surface area (Å²) in [4.78, 5) is 36.0. The molecule has 2 amide bonds. The van der Waals surface area contributed by atoms with Gasteiger partial charge in [0.1, 0.15) is 5.60 Å². The van der Waals surface area contributed by atoms with E-state index in [0.29, 0.717) is 0 Å². The molecule has 0 aromatic heterocycles. The van der Waals surface area contributed by atoms with Crippen molar-refractivity contribution in [1.82, 2.24) is 10.2 Å². The van der Waals surface area contributed by atoms with Crippen molar-refractivity contribution < 1.29 is 29.0 Å². The second kappa shape index (κ2) is 6.64. The van der Waals surface area contributed by atoms with Crippen molar-refractivity contribution in [3.63, 3.8) is 0 Å². The largest absolute Gasteiger partial charge is 0.466 e. The fourth-order valence-corrected chi connectivity index (χ4v) is 2.07. The molecule has 1 aliphatic heterocycles. The number of hydrogen-bond acceptors (Lipinski definition) is 5. The highest BCUT2D eigenvalue weighted by Crippen LogP contribution is 2.21. The van der Waals surface area contributed by atoms with Crippen molar-refractivity contribution in [2.24, 2.45) is 5.92 Å². The highest BCUT2D eigenvalue weighted by atomic mass is 16.6. The van der Waals surface area contributed by atoms with Crippen LogP contribution in [0.4, 0.5) is 9.59 Å². The van der Waals surface area contributed by atoms with Gasteiger partial charge in [-0.15, -0.1) is 0 Å². The summed E-state index contributed by atoms with van der Waals surface area (Å²) in [7, 11) is 0. The standard InChI is InChI=1S/C13H22N2O6/c1-5-20-10(16)8-6-15(7-9(8)14-11(17)18)12(19)21-13(2,3)4/h8-9,14H,5-7H2,1-4H3,(H,17,18). The predicted molar refractivity (Wildman–Crippen MR) is 72.9 cm³/mol. The summed E-state index contributed by atoms with van der Waals surface area (Å²) in [5.74, 6) is -1.25. The van der Waals surface area contributed by atoms with Gasteiger partial charge in [-0.3, -0.25) is 4.79 Å². The van der Waals surface area contributed by atoms with E-state index in [4.69, 9.17) is 14.6 Å². The Bertz CT molecular complexity index is 417. The lowest BCUT2D eigenvalue weighted by molar-refractivity contribution is -0.148. The van der Waals surface area contributed by atoms with Gasteiger partial charge >= 0.3 is 18.2 Å². The van der Waals surface area contributed by atoms with Gasteiger partial charge in [0.15, 0.2) is 0 Å². The number of nitrogens with one attached hydrogen (secondary N) is 1. The first kappa shape index (κ1) is 17.1. The maximum atomic E-state index is 12.0. The van der Waals surface area contributed by atoms with E-state index in [-0.39, 0.29) is 19.7 Å². The average molecular weight is 302 g/mol. The second-order valence-corrected chi connectivity index (χ2v) is 5.80. The van der Waals surface area contributed by atoms with E-state index in [1.165, 1.54) is 4.90 Å². The highest BCUT2D eigenvalue weighted by molar-refractivity contribution is 5.78. The zero-order valence-corrected chi connectivity index (χ0v) is 12.7. The fourth-order valence-electron chi connectivity index (χ4n) is 2.07. The van der Waals surface area contributed by atoms with Gasteiger partial charge in [0, 0.05) is 13.1 Å². The van der Waals surface area contributed by atoms with Crippen LogP contribution in [0, 0.1) is 5.92 Å². The van der Waals surface area contributed by atoms with E-state index in [2.05, 4.69) is 5.32 Å². The Morgan fingerprint density at radius 2 is 1.90 bits per heavy atom. The van der Waals surface area contributed by atoms with Crippen molar-refractivity contribution in [3.05, 3.63) is 0 Å². The molecule has 2 N–H and O–H groups in total. The summed E-state index contributed by atoms with van der Waals surface area (Å²) in [6.45, 7) is 7.20. The Labute approximate surface area is 123 Å². The molecule has 1 rings (SSSR count). The van der Waals surface area contributed by atoms with E-state index in [1.807, 2.05) is 0 Å². The first-order valence-corrected chi connectivity index (χ1v) is 6.78. The number of likely N-dealkylation sites (tertiary alicyclic amines) is 1. The van der Waals surface area contributed by atoms with Crippen LogP contribution in [0.15, 0.2) is 0 Å². The Morgan fingerprint density at radius 3 is 2.38 bits per heavy atom. The van der Waals surface area contributed by atoms with E-state index >= 15 is 0 Å². The minimum Gasteiger partial charge on any atom is -0.466 e. The minimum atomic E-state index is -1.25. The lowest BCUT2D eigenvalue weighted by Crippen LogP contribution is -2.43. The monoisotopic (exact) mass is 302 g/mol. The highest BCUT2D eigenvalue weighted by Gasteiger charge is 2.42. The zero-order valence-electron chi connectivity index (χ0n) is 12.7. The molecule has 0 radical (unpaired) electrons. The molecule has 8 nitrogen and oxygen atoms in total. The Balaban J connectivity index is 2.77. The number of hydrogen-bond donors (Lipinski definition) is 2. The van der Waals surface area contributed by atoms with E-state index in [1.54, 1.807) is 27.7 Å². The lowest BCUT2D eigenvalue weighted by atomic mass is 10.0. The van der Waals surface area contributed by atoms with Gasteiger partial charge in [-0.05, 0) is 27.7 Å².